The quantitative estimate of drug-likeness (QED) is 0.455. The topological polar surface area (TPSA) is 67.4 Å². The van der Waals surface area contributed by atoms with Crippen molar-refractivity contribution >= 4 is 34.8 Å². The Kier molecular flexibility index (Phi) is 6.65. The molecule has 0 unspecified atom stereocenters. The second-order valence-corrected chi connectivity index (χ2v) is 8.54. The maximum atomic E-state index is 13.9. The lowest BCUT2D eigenvalue weighted by Crippen LogP contribution is -2.38. The smallest absolute Gasteiger partial charge is 0.258 e. The van der Waals surface area contributed by atoms with E-state index in [9.17, 15) is 14.0 Å². The van der Waals surface area contributed by atoms with Crippen LogP contribution in [-0.2, 0) is 10.2 Å². The van der Waals surface area contributed by atoms with Crippen LogP contribution in [-0.4, -0.2) is 18.9 Å². The Morgan fingerprint density at radius 3 is 2.33 bits per heavy atom. The fourth-order valence-corrected chi connectivity index (χ4v) is 4.48. The van der Waals surface area contributed by atoms with Crippen LogP contribution in [0, 0.1) is 5.82 Å². The van der Waals surface area contributed by atoms with E-state index in [1.54, 1.807) is 36.4 Å². The number of anilines is 2. The number of carbonyl (C=O) groups is 2. The lowest BCUT2D eigenvalue weighted by Gasteiger charge is -2.28. The predicted molar refractivity (Wildman–Crippen MR) is 128 cm³/mol. The lowest BCUT2D eigenvalue weighted by atomic mass is 9.78. The molecule has 0 heterocycles. The summed E-state index contributed by atoms with van der Waals surface area (Å²) < 4.78 is 19.3. The molecule has 2 amide bonds. The minimum absolute atomic E-state index is 0.0666. The number of hydrogen-bond donors (Lipinski definition) is 2. The number of nitrogens with one attached hydrogen (secondary N) is 2. The van der Waals surface area contributed by atoms with Gasteiger partial charge in [0, 0.05) is 16.8 Å². The van der Waals surface area contributed by atoms with Crippen molar-refractivity contribution < 1.29 is 18.7 Å². The van der Waals surface area contributed by atoms with Crippen LogP contribution in [0.2, 0.25) is 5.02 Å². The molecule has 1 aliphatic rings. The Labute approximate surface area is 196 Å². The van der Waals surface area contributed by atoms with Gasteiger partial charge in [0.05, 0.1) is 23.8 Å². The zero-order valence-electron chi connectivity index (χ0n) is 18.2. The SMILES string of the molecule is COc1cc(NC(=O)C2(c3ccc(Cl)cc3)CCCC2)ccc1NC(=O)c1ccccc1F. The largest absolute Gasteiger partial charge is 0.494 e. The lowest BCUT2D eigenvalue weighted by molar-refractivity contribution is -0.121. The Hall–Kier alpha value is -3.38. The maximum absolute atomic E-state index is 13.9. The molecule has 5 nitrogen and oxygen atoms in total. The average molecular weight is 467 g/mol. The van der Waals surface area contributed by atoms with Gasteiger partial charge in [0.2, 0.25) is 5.91 Å². The van der Waals surface area contributed by atoms with Crippen molar-refractivity contribution in [2.24, 2.45) is 0 Å². The van der Waals surface area contributed by atoms with Gasteiger partial charge in [-0.25, -0.2) is 4.39 Å². The van der Waals surface area contributed by atoms with Crippen LogP contribution in [0.15, 0.2) is 66.7 Å². The van der Waals surface area contributed by atoms with Gasteiger partial charge in [0.25, 0.3) is 5.91 Å². The summed E-state index contributed by atoms with van der Waals surface area (Å²) >= 11 is 6.04. The second-order valence-electron chi connectivity index (χ2n) is 8.10. The van der Waals surface area contributed by atoms with E-state index in [1.807, 2.05) is 12.1 Å². The minimum atomic E-state index is -0.616. The molecule has 4 rings (SSSR count). The van der Waals surface area contributed by atoms with Crippen molar-refractivity contribution in [2.75, 3.05) is 17.7 Å². The monoisotopic (exact) mass is 466 g/mol. The number of amides is 2. The summed E-state index contributed by atoms with van der Waals surface area (Å²) in [6, 6.07) is 18.1. The van der Waals surface area contributed by atoms with Crippen LogP contribution in [0.4, 0.5) is 15.8 Å². The van der Waals surface area contributed by atoms with Crippen LogP contribution in [0.1, 0.15) is 41.6 Å². The van der Waals surface area contributed by atoms with Gasteiger partial charge in [-0.05, 0) is 54.8 Å². The van der Waals surface area contributed by atoms with E-state index in [4.69, 9.17) is 16.3 Å². The van der Waals surface area contributed by atoms with Crippen molar-refractivity contribution in [1.82, 2.24) is 0 Å². The van der Waals surface area contributed by atoms with Crippen molar-refractivity contribution in [2.45, 2.75) is 31.1 Å². The van der Waals surface area contributed by atoms with Crippen molar-refractivity contribution in [3.05, 3.63) is 88.7 Å². The van der Waals surface area contributed by atoms with Gasteiger partial charge < -0.3 is 15.4 Å². The number of rotatable bonds is 6. The molecule has 0 spiro atoms. The van der Waals surface area contributed by atoms with Gasteiger partial charge in [-0.2, -0.15) is 0 Å². The molecule has 1 saturated carbocycles. The molecule has 3 aromatic carbocycles. The molecule has 2 N–H and O–H groups in total. The van der Waals surface area contributed by atoms with Crippen LogP contribution >= 0.6 is 11.6 Å². The fourth-order valence-electron chi connectivity index (χ4n) is 4.35. The number of methoxy groups -OCH3 is 1. The van der Waals surface area contributed by atoms with E-state index in [-0.39, 0.29) is 11.5 Å². The Morgan fingerprint density at radius 2 is 1.67 bits per heavy atom. The Morgan fingerprint density at radius 1 is 0.970 bits per heavy atom. The molecule has 0 saturated heterocycles. The van der Waals surface area contributed by atoms with E-state index >= 15 is 0 Å². The van der Waals surface area contributed by atoms with Crippen molar-refractivity contribution in [3.63, 3.8) is 0 Å². The molecule has 7 heteroatoms. The number of benzene rings is 3. The zero-order valence-corrected chi connectivity index (χ0v) is 18.9. The molecular formula is C26H24ClFN2O3. The second kappa shape index (κ2) is 9.63. The van der Waals surface area contributed by atoms with Gasteiger partial charge in [-0.15, -0.1) is 0 Å². The third-order valence-corrected chi connectivity index (χ3v) is 6.37. The maximum Gasteiger partial charge on any atom is 0.258 e. The predicted octanol–water partition coefficient (Wildman–Crippen LogP) is 6.19. The molecule has 1 fully saturated rings. The van der Waals surface area contributed by atoms with Crippen LogP contribution < -0.4 is 15.4 Å². The summed E-state index contributed by atoms with van der Waals surface area (Å²) in [7, 11) is 1.46. The van der Waals surface area contributed by atoms with Crippen molar-refractivity contribution in [1.29, 1.82) is 0 Å². The highest BCUT2D eigenvalue weighted by Gasteiger charge is 2.42. The third kappa shape index (κ3) is 4.71. The zero-order chi connectivity index (χ0) is 23.4. The summed E-state index contributed by atoms with van der Waals surface area (Å²) in [6.07, 6.45) is 3.46. The van der Waals surface area contributed by atoms with Gasteiger partial charge in [0.15, 0.2) is 0 Å². The first-order chi connectivity index (χ1) is 15.9. The molecular weight excluding hydrogens is 443 g/mol. The summed E-state index contributed by atoms with van der Waals surface area (Å²) in [6.45, 7) is 0. The highest BCUT2D eigenvalue weighted by Crippen LogP contribution is 2.42. The molecule has 1 aliphatic carbocycles. The van der Waals surface area contributed by atoms with Gasteiger partial charge in [0.1, 0.15) is 11.6 Å². The van der Waals surface area contributed by atoms with Crippen LogP contribution in [0.3, 0.4) is 0 Å². The summed E-state index contributed by atoms with van der Waals surface area (Å²) in [5.41, 5.74) is 1.18. The molecule has 0 aliphatic heterocycles. The molecule has 3 aromatic rings. The van der Waals surface area contributed by atoms with E-state index in [0.717, 1.165) is 31.2 Å². The molecule has 0 bridgehead atoms. The van der Waals surface area contributed by atoms with Gasteiger partial charge in [-0.3, -0.25) is 9.59 Å². The Bertz CT molecular complexity index is 1170. The average Bonchev–Trinajstić information content (AvgIpc) is 3.32. The third-order valence-electron chi connectivity index (χ3n) is 6.11. The fraction of sp³-hybridized carbons (Fsp3) is 0.231. The standard InChI is InChI=1S/C26H24ClFN2O3/c1-33-23-16-19(12-13-22(23)30-24(31)20-6-2-3-7-21(20)28)29-25(32)26(14-4-5-15-26)17-8-10-18(27)11-9-17/h2-3,6-13,16H,4-5,14-15H2,1H3,(H,29,32)(H,30,31). The number of hydrogen-bond acceptors (Lipinski definition) is 3. The molecule has 0 radical (unpaired) electrons. The summed E-state index contributed by atoms with van der Waals surface area (Å²) in [4.78, 5) is 25.9. The summed E-state index contributed by atoms with van der Waals surface area (Å²) in [5, 5.41) is 6.30. The first-order valence-corrected chi connectivity index (χ1v) is 11.1. The van der Waals surface area contributed by atoms with E-state index in [0.29, 0.717) is 22.1 Å². The first-order valence-electron chi connectivity index (χ1n) is 10.7. The molecule has 33 heavy (non-hydrogen) atoms. The normalized spacial score (nSPS) is 14.5. The number of halogens is 2. The minimum Gasteiger partial charge on any atom is -0.494 e. The highest BCUT2D eigenvalue weighted by molar-refractivity contribution is 6.30. The number of ether oxygens (including phenoxy) is 1. The first kappa shape index (κ1) is 22.8. The number of carbonyl (C=O) groups excluding carboxylic acids is 2. The molecule has 0 aromatic heterocycles. The van der Waals surface area contributed by atoms with Crippen LogP contribution in [0.5, 0.6) is 5.75 Å². The summed E-state index contributed by atoms with van der Waals surface area (Å²) in [5.74, 6) is -0.935. The van der Waals surface area contributed by atoms with E-state index in [2.05, 4.69) is 10.6 Å². The van der Waals surface area contributed by atoms with Crippen LogP contribution in [0.25, 0.3) is 0 Å². The van der Waals surface area contributed by atoms with Gasteiger partial charge >= 0.3 is 0 Å². The highest BCUT2D eigenvalue weighted by atomic mass is 35.5. The Balaban J connectivity index is 1.55. The van der Waals surface area contributed by atoms with E-state index in [1.165, 1.54) is 25.3 Å². The molecule has 170 valence electrons. The van der Waals surface area contributed by atoms with Crippen molar-refractivity contribution in [3.8, 4) is 5.75 Å². The van der Waals surface area contributed by atoms with E-state index < -0.39 is 17.1 Å². The van der Waals surface area contributed by atoms with Gasteiger partial charge in [-0.1, -0.05) is 48.7 Å². The molecule has 0 atom stereocenters.